The van der Waals surface area contributed by atoms with E-state index in [1.165, 1.54) is 38.0 Å². The van der Waals surface area contributed by atoms with E-state index in [1.54, 1.807) is 0 Å². The van der Waals surface area contributed by atoms with Gasteiger partial charge in [0, 0.05) is 18.4 Å². The van der Waals surface area contributed by atoms with Gasteiger partial charge in [0.25, 0.3) is 0 Å². The van der Waals surface area contributed by atoms with Gasteiger partial charge in [-0.3, -0.25) is 4.68 Å². The van der Waals surface area contributed by atoms with Crippen molar-refractivity contribution in [2.45, 2.75) is 38.4 Å². The summed E-state index contributed by atoms with van der Waals surface area (Å²) in [5, 5.41) is 8.24. The minimum atomic E-state index is 0.319. The van der Waals surface area contributed by atoms with Gasteiger partial charge in [-0.15, -0.1) is 0 Å². The molecule has 0 saturated carbocycles. The highest BCUT2D eigenvalue weighted by Crippen LogP contribution is 2.19. The number of likely N-dealkylation sites (tertiary alicyclic amines) is 1. The molecule has 2 aromatic rings. The standard InChI is InChI=1S/C18H26N4/c1-2-21-13-9-17(10-14-21)20-18(15-22-12-6-11-19-22)16-7-4-3-5-8-16/h3-8,11-12,17-18,20H,2,9-10,13-15H2,1H3/t18-/m1/s1. The van der Waals surface area contributed by atoms with Crippen LogP contribution < -0.4 is 5.32 Å². The SMILES string of the molecule is CCN1CCC(N[C@H](Cn2cccn2)c2ccccc2)CC1. The second-order valence-electron chi connectivity index (χ2n) is 6.07. The molecular weight excluding hydrogens is 272 g/mol. The van der Waals surface area contributed by atoms with Crippen molar-refractivity contribution >= 4 is 0 Å². The Bertz CT molecular complexity index is 529. The maximum Gasteiger partial charge on any atom is 0.0604 e. The van der Waals surface area contributed by atoms with Gasteiger partial charge >= 0.3 is 0 Å². The average molecular weight is 298 g/mol. The summed E-state index contributed by atoms with van der Waals surface area (Å²) in [6, 6.07) is 13.6. The molecule has 1 N–H and O–H groups in total. The van der Waals surface area contributed by atoms with E-state index in [-0.39, 0.29) is 0 Å². The zero-order chi connectivity index (χ0) is 15.2. The lowest BCUT2D eigenvalue weighted by molar-refractivity contribution is 0.195. The molecule has 0 spiro atoms. The first kappa shape index (κ1) is 15.3. The molecule has 1 fully saturated rings. The second kappa shape index (κ2) is 7.56. The normalized spacial score (nSPS) is 18.4. The molecule has 1 saturated heterocycles. The van der Waals surface area contributed by atoms with Gasteiger partial charge < -0.3 is 10.2 Å². The molecule has 1 aliphatic rings. The molecule has 0 radical (unpaired) electrons. The molecule has 22 heavy (non-hydrogen) atoms. The Labute approximate surface area is 133 Å². The molecule has 118 valence electrons. The van der Waals surface area contributed by atoms with Crippen molar-refractivity contribution in [3.05, 3.63) is 54.4 Å². The predicted molar refractivity (Wildman–Crippen MR) is 89.7 cm³/mol. The first-order valence-electron chi connectivity index (χ1n) is 8.36. The average Bonchev–Trinajstić information content (AvgIpc) is 3.09. The van der Waals surface area contributed by atoms with Crippen molar-refractivity contribution in [3.63, 3.8) is 0 Å². The van der Waals surface area contributed by atoms with Crippen LogP contribution in [0, 0.1) is 0 Å². The predicted octanol–water partition coefficient (Wildman–Crippen LogP) is 2.70. The Morgan fingerprint density at radius 3 is 2.59 bits per heavy atom. The van der Waals surface area contributed by atoms with Crippen LogP contribution >= 0.6 is 0 Å². The number of nitrogens with one attached hydrogen (secondary N) is 1. The number of rotatable bonds is 6. The number of aromatic nitrogens is 2. The zero-order valence-electron chi connectivity index (χ0n) is 13.4. The number of piperidine rings is 1. The Morgan fingerprint density at radius 2 is 1.95 bits per heavy atom. The molecule has 4 heteroatoms. The number of hydrogen-bond acceptors (Lipinski definition) is 3. The molecule has 0 bridgehead atoms. The summed E-state index contributed by atoms with van der Waals surface area (Å²) < 4.78 is 2.02. The lowest BCUT2D eigenvalue weighted by Crippen LogP contribution is -2.44. The maximum atomic E-state index is 4.37. The summed E-state index contributed by atoms with van der Waals surface area (Å²) in [7, 11) is 0. The van der Waals surface area contributed by atoms with Gasteiger partial charge in [-0.2, -0.15) is 5.10 Å². The fourth-order valence-electron chi connectivity index (χ4n) is 3.24. The minimum Gasteiger partial charge on any atom is -0.305 e. The van der Waals surface area contributed by atoms with Crippen LogP contribution in [0.2, 0.25) is 0 Å². The molecular formula is C18H26N4. The summed E-state index contributed by atoms with van der Waals surface area (Å²) in [6.07, 6.45) is 6.35. The van der Waals surface area contributed by atoms with E-state index in [9.17, 15) is 0 Å². The topological polar surface area (TPSA) is 33.1 Å². The second-order valence-corrected chi connectivity index (χ2v) is 6.07. The van der Waals surface area contributed by atoms with Crippen molar-refractivity contribution in [2.75, 3.05) is 19.6 Å². The third kappa shape index (κ3) is 3.96. The van der Waals surface area contributed by atoms with Gasteiger partial charge in [-0.25, -0.2) is 0 Å². The molecule has 1 aromatic heterocycles. The van der Waals surface area contributed by atoms with Gasteiger partial charge in [-0.05, 0) is 44.1 Å². The lowest BCUT2D eigenvalue weighted by atomic mass is 10.0. The summed E-state index contributed by atoms with van der Waals surface area (Å²) >= 11 is 0. The van der Waals surface area contributed by atoms with Crippen LogP contribution in [0.3, 0.4) is 0 Å². The van der Waals surface area contributed by atoms with Gasteiger partial charge in [0.2, 0.25) is 0 Å². The summed E-state index contributed by atoms with van der Waals surface area (Å²) in [5.41, 5.74) is 1.34. The third-order valence-electron chi connectivity index (χ3n) is 4.60. The molecule has 0 aliphatic carbocycles. The van der Waals surface area contributed by atoms with Crippen LogP contribution in [0.25, 0.3) is 0 Å². The lowest BCUT2D eigenvalue weighted by Gasteiger charge is -2.34. The number of hydrogen-bond donors (Lipinski definition) is 1. The number of benzene rings is 1. The van der Waals surface area contributed by atoms with Crippen LogP contribution in [0.5, 0.6) is 0 Å². The van der Waals surface area contributed by atoms with E-state index in [2.05, 4.69) is 52.6 Å². The Morgan fingerprint density at radius 1 is 1.18 bits per heavy atom. The fourth-order valence-corrected chi connectivity index (χ4v) is 3.24. The molecule has 2 heterocycles. The smallest absolute Gasteiger partial charge is 0.0604 e. The van der Waals surface area contributed by atoms with Crippen LogP contribution in [-0.4, -0.2) is 40.4 Å². The molecule has 1 aliphatic heterocycles. The molecule has 0 amide bonds. The highest BCUT2D eigenvalue weighted by atomic mass is 15.3. The largest absolute Gasteiger partial charge is 0.305 e. The molecule has 4 nitrogen and oxygen atoms in total. The van der Waals surface area contributed by atoms with E-state index in [0.29, 0.717) is 12.1 Å². The first-order chi connectivity index (χ1) is 10.8. The summed E-state index contributed by atoms with van der Waals surface area (Å²) in [6.45, 7) is 6.71. The Balaban J connectivity index is 1.66. The van der Waals surface area contributed by atoms with Crippen LogP contribution in [0.4, 0.5) is 0 Å². The first-order valence-corrected chi connectivity index (χ1v) is 8.36. The van der Waals surface area contributed by atoms with E-state index in [0.717, 1.165) is 6.54 Å². The quantitative estimate of drug-likeness (QED) is 0.890. The van der Waals surface area contributed by atoms with Crippen molar-refractivity contribution in [1.29, 1.82) is 0 Å². The zero-order valence-corrected chi connectivity index (χ0v) is 13.4. The van der Waals surface area contributed by atoms with E-state index < -0.39 is 0 Å². The van der Waals surface area contributed by atoms with Crippen molar-refractivity contribution in [1.82, 2.24) is 20.0 Å². The van der Waals surface area contributed by atoms with Crippen molar-refractivity contribution < 1.29 is 0 Å². The molecule has 0 unspecified atom stereocenters. The van der Waals surface area contributed by atoms with E-state index in [1.807, 2.05) is 23.1 Å². The fraction of sp³-hybridized carbons (Fsp3) is 0.500. The molecule has 1 aromatic carbocycles. The van der Waals surface area contributed by atoms with Gasteiger partial charge in [0.05, 0.1) is 12.6 Å². The summed E-state index contributed by atoms with van der Waals surface area (Å²) in [4.78, 5) is 2.53. The summed E-state index contributed by atoms with van der Waals surface area (Å²) in [5.74, 6) is 0. The van der Waals surface area contributed by atoms with Crippen molar-refractivity contribution in [3.8, 4) is 0 Å². The molecule has 3 rings (SSSR count). The van der Waals surface area contributed by atoms with Crippen molar-refractivity contribution in [2.24, 2.45) is 0 Å². The maximum absolute atomic E-state index is 4.37. The Hall–Kier alpha value is -1.65. The minimum absolute atomic E-state index is 0.319. The van der Waals surface area contributed by atoms with E-state index in [4.69, 9.17) is 0 Å². The van der Waals surface area contributed by atoms with Gasteiger partial charge in [0.15, 0.2) is 0 Å². The third-order valence-corrected chi connectivity index (χ3v) is 4.60. The highest BCUT2D eigenvalue weighted by molar-refractivity contribution is 5.19. The van der Waals surface area contributed by atoms with E-state index >= 15 is 0 Å². The van der Waals surface area contributed by atoms with Crippen LogP contribution in [0.15, 0.2) is 48.8 Å². The molecule has 1 atom stereocenters. The highest BCUT2D eigenvalue weighted by Gasteiger charge is 2.22. The Kier molecular flexibility index (Phi) is 5.24. The number of nitrogens with zero attached hydrogens (tertiary/aromatic N) is 3. The van der Waals surface area contributed by atoms with Gasteiger partial charge in [0.1, 0.15) is 0 Å². The van der Waals surface area contributed by atoms with Crippen LogP contribution in [0.1, 0.15) is 31.4 Å². The van der Waals surface area contributed by atoms with Crippen LogP contribution in [-0.2, 0) is 6.54 Å². The monoisotopic (exact) mass is 298 g/mol. The van der Waals surface area contributed by atoms with Gasteiger partial charge in [-0.1, -0.05) is 37.3 Å².